The van der Waals surface area contributed by atoms with Crippen LogP contribution >= 0.6 is 0 Å². The monoisotopic (exact) mass is 221 g/mol. The highest BCUT2D eigenvalue weighted by Gasteiger charge is 2.20. The van der Waals surface area contributed by atoms with E-state index in [-0.39, 0.29) is 17.7 Å². The van der Waals surface area contributed by atoms with Crippen LogP contribution in [0.25, 0.3) is 0 Å². The largest absolute Gasteiger partial charge is 0.462 e. The molecule has 16 heavy (non-hydrogen) atoms. The first kappa shape index (κ1) is 12.2. The Balaban J connectivity index is 3.33. The lowest BCUT2D eigenvalue weighted by Gasteiger charge is -2.08. The first-order chi connectivity index (χ1) is 7.65. The number of benzene rings is 1. The molecule has 1 rings (SSSR count). The van der Waals surface area contributed by atoms with E-state index in [1.165, 1.54) is 12.1 Å². The maximum atomic E-state index is 13.8. The van der Waals surface area contributed by atoms with Crippen LogP contribution in [0.5, 0.6) is 0 Å². The highest BCUT2D eigenvalue weighted by Crippen LogP contribution is 2.19. The SMILES string of the molecule is CCOC(=O)c1c(C#N)ccc(CC)c1F. The predicted octanol–water partition coefficient (Wildman–Crippen LogP) is 2.44. The van der Waals surface area contributed by atoms with E-state index in [0.717, 1.165) is 0 Å². The summed E-state index contributed by atoms with van der Waals surface area (Å²) < 4.78 is 18.6. The average Bonchev–Trinajstić information content (AvgIpc) is 2.28. The van der Waals surface area contributed by atoms with Gasteiger partial charge in [0.1, 0.15) is 17.4 Å². The summed E-state index contributed by atoms with van der Waals surface area (Å²) >= 11 is 0. The van der Waals surface area contributed by atoms with Crippen molar-refractivity contribution < 1.29 is 13.9 Å². The van der Waals surface area contributed by atoms with Crippen molar-refractivity contribution in [1.29, 1.82) is 5.26 Å². The van der Waals surface area contributed by atoms with E-state index in [2.05, 4.69) is 0 Å². The Morgan fingerprint density at radius 3 is 2.69 bits per heavy atom. The fraction of sp³-hybridized carbons (Fsp3) is 0.333. The molecular formula is C12H12FNO2. The van der Waals surface area contributed by atoms with Crippen LogP contribution in [0.3, 0.4) is 0 Å². The van der Waals surface area contributed by atoms with Gasteiger partial charge in [-0.3, -0.25) is 0 Å². The first-order valence-corrected chi connectivity index (χ1v) is 5.04. The second kappa shape index (κ2) is 5.26. The van der Waals surface area contributed by atoms with Crippen molar-refractivity contribution in [2.24, 2.45) is 0 Å². The van der Waals surface area contributed by atoms with Crippen LogP contribution in [-0.4, -0.2) is 12.6 Å². The smallest absolute Gasteiger partial charge is 0.342 e. The number of carbonyl (C=O) groups excluding carboxylic acids is 1. The molecular weight excluding hydrogens is 209 g/mol. The first-order valence-electron chi connectivity index (χ1n) is 5.04. The Labute approximate surface area is 93.5 Å². The molecule has 0 aromatic heterocycles. The molecule has 3 nitrogen and oxygen atoms in total. The van der Waals surface area contributed by atoms with Crippen molar-refractivity contribution in [3.8, 4) is 6.07 Å². The third kappa shape index (κ3) is 2.19. The molecule has 1 aromatic carbocycles. The van der Waals surface area contributed by atoms with E-state index < -0.39 is 11.8 Å². The van der Waals surface area contributed by atoms with Gasteiger partial charge < -0.3 is 4.74 Å². The van der Waals surface area contributed by atoms with Gasteiger partial charge in [0.05, 0.1) is 12.2 Å². The molecule has 0 unspecified atom stereocenters. The number of hydrogen-bond donors (Lipinski definition) is 0. The van der Waals surface area contributed by atoms with Crippen LogP contribution in [0.1, 0.15) is 35.3 Å². The summed E-state index contributed by atoms with van der Waals surface area (Å²) in [5.74, 6) is -1.44. The number of aryl methyl sites for hydroxylation is 1. The minimum atomic E-state index is -0.785. The molecule has 0 fully saturated rings. The second-order valence-electron chi connectivity index (χ2n) is 3.15. The number of esters is 1. The van der Waals surface area contributed by atoms with E-state index in [4.69, 9.17) is 10.00 Å². The fourth-order valence-corrected chi connectivity index (χ4v) is 1.39. The van der Waals surface area contributed by atoms with Crippen molar-refractivity contribution >= 4 is 5.97 Å². The van der Waals surface area contributed by atoms with Crippen molar-refractivity contribution in [2.45, 2.75) is 20.3 Å². The number of nitriles is 1. The Morgan fingerprint density at radius 2 is 2.19 bits per heavy atom. The van der Waals surface area contributed by atoms with Gasteiger partial charge in [-0.05, 0) is 25.0 Å². The summed E-state index contributed by atoms with van der Waals surface area (Å²) in [4.78, 5) is 11.5. The summed E-state index contributed by atoms with van der Waals surface area (Å²) in [6.07, 6.45) is 0.462. The number of carbonyl (C=O) groups is 1. The maximum Gasteiger partial charge on any atom is 0.342 e. The van der Waals surface area contributed by atoms with Crippen LogP contribution in [0.4, 0.5) is 4.39 Å². The van der Waals surface area contributed by atoms with Gasteiger partial charge in [-0.25, -0.2) is 9.18 Å². The van der Waals surface area contributed by atoms with Crippen molar-refractivity contribution in [2.75, 3.05) is 6.61 Å². The Kier molecular flexibility index (Phi) is 4.01. The molecule has 84 valence electrons. The lowest BCUT2D eigenvalue weighted by atomic mass is 10.0. The molecule has 0 atom stereocenters. The molecule has 0 saturated carbocycles. The van der Waals surface area contributed by atoms with E-state index in [1.807, 2.05) is 0 Å². The molecule has 0 N–H and O–H groups in total. The summed E-state index contributed by atoms with van der Waals surface area (Å²) in [5.41, 5.74) is 0.152. The molecule has 4 heteroatoms. The maximum absolute atomic E-state index is 13.8. The molecule has 0 saturated heterocycles. The number of nitrogens with zero attached hydrogens (tertiary/aromatic N) is 1. The minimum Gasteiger partial charge on any atom is -0.462 e. The Bertz CT molecular complexity index is 449. The van der Waals surface area contributed by atoms with Crippen LogP contribution in [0.15, 0.2) is 12.1 Å². The average molecular weight is 221 g/mol. The van der Waals surface area contributed by atoms with Crippen LogP contribution < -0.4 is 0 Å². The van der Waals surface area contributed by atoms with Gasteiger partial charge in [-0.15, -0.1) is 0 Å². The quantitative estimate of drug-likeness (QED) is 0.736. The van der Waals surface area contributed by atoms with Gasteiger partial charge in [0.2, 0.25) is 0 Å². The van der Waals surface area contributed by atoms with Crippen LogP contribution in [0, 0.1) is 17.1 Å². The highest BCUT2D eigenvalue weighted by molar-refractivity contribution is 5.92. The van der Waals surface area contributed by atoms with Gasteiger partial charge in [-0.1, -0.05) is 13.0 Å². The topological polar surface area (TPSA) is 50.1 Å². The second-order valence-corrected chi connectivity index (χ2v) is 3.15. The molecule has 0 spiro atoms. The number of rotatable bonds is 3. The Hall–Kier alpha value is -1.89. The standard InChI is InChI=1S/C12H12FNO2/c1-3-8-5-6-9(7-14)10(11(8)13)12(15)16-4-2/h5-6H,3-4H2,1-2H3. The summed E-state index contributed by atoms with van der Waals surface area (Å²) in [7, 11) is 0. The zero-order valence-electron chi connectivity index (χ0n) is 9.21. The molecule has 0 aliphatic heterocycles. The van der Waals surface area contributed by atoms with E-state index in [0.29, 0.717) is 12.0 Å². The van der Waals surface area contributed by atoms with Crippen LogP contribution in [-0.2, 0) is 11.2 Å². The number of hydrogen-bond acceptors (Lipinski definition) is 3. The summed E-state index contributed by atoms with van der Waals surface area (Å²) in [6, 6.07) is 4.74. The molecule has 0 aliphatic rings. The van der Waals surface area contributed by atoms with Crippen molar-refractivity contribution in [3.05, 3.63) is 34.6 Å². The minimum absolute atomic E-state index is 0.00755. The third-order valence-corrected chi connectivity index (χ3v) is 2.20. The van der Waals surface area contributed by atoms with Crippen LogP contribution in [0.2, 0.25) is 0 Å². The fourth-order valence-electron chi connectivity index (χ4n) is 1.39. The molecule has 0 amide bonds. The highest BCUT2D eigenvalue weighted by atomic mass is 19.1. The van der Waals surface area contributed by atoms with Gasteiger partial charge in [0, 0.05) is 0 Å². The lowest BCUT2D eigenvalue weighted by molar-refractivity contribution is 0.0520. The number of ether oxygens (including phenoxy) is 1. The zero-order valence-corrected chi connectivity index (χ0v) is 9.21. The molecule has 0 radical (unpaired) electrons. The zero-order chi connectivity index (χ0) is 12.1. The van der Waals surface area contributed by atoms with Gasteiger partial charge in [0.15, 0.2) is 0 Å². The number of halogens is 1. The third-order valence-electron chi connectivity index (χ3n) is 2.20. The molecule has 1 aromatic rings. The summed E-state index contributed by atoms with van der Waals surface area (Å²) in [5, 5.41) is 8.80. The molecule has 0 bridgehead atoms. The van der Waals surface area contributed by atoms with E-state index in [1.54, 1.807) is 19.9 Å². The van der Waals surface area contributed by atoms with E-state index >= 15 is 0 Å². The molecule has 0 heterocycles. The molecule has 0 aliphatic carbocycles. The Morgan fingerprint density at radius 1 is 1.50 bits per heavy atom. The van der Waals surface area contributed by atoms with Gasteiger partial charge in [-0.2, -0.15) is 5.26 Å². The van der Waals surface area contributed by atoms with Crippen molar-refractivity contribution in [1.82, 2.24) is 0 Å². The predicted molar refractivity (Wildman–Crippen MR) is 56.4 cm³/mol. The van der Waals surface area contributed by atoms with Gasteiger partial charge in [0.25, 0.3) is 0 Å². The van der Waals surface area contributed by atoms with Crippen molar-refractivity contribution in [3.63, 3.8) is 0 Å². The van der Waals surface area contributed by atoms with Gasteiger partial charge >= 0.3 is 5.97 Å². The lowest BCUT2D eigenvalue weighted by Crippen LogP contribution is -2.11. The van der Waals surface area contributed by atoms with E-state index in [9.17, 15) is 9.18 Å². The normalized spacial score (nSPS) is 9.62. The summed E-state index contributed by atoms with van der Waals surface area (Å²) in [6.45, 7) is 3.56.